The van der Waals surface area contributed by atoms with Crippen LogP contribution < -0.4 is 19.9 Å². The second-order valence-electron chi connectivity index (χ2n) is 14.3. The minimum atomic E-state index is 0. The van der Waals surface area contributed by atoms with Crippen LogP contribution in [0.1, 0.15) is 118 Å². The van der Waals surface area contributed by atoms with Crippen molar-refractivity contribution >= 4 is 0 Å². The first-order chi connectivity index (χ1) is 27.6. The van der Waals surface area contributed by atoms with Crippen molar-refractivity contribution in [1.82, 2.24) is 19.9 Å². The first-order valence-corrected chi connectivity index (χ1v) is 20.0. The van der Waals surface area contributed by atoms with Crippen LogP contribution in [0, 0.1) is 23.7 Å². The molecule has 4 aromatic carbocycles. The number of benzene rings is 4. The van der Waals surface area contributed by atoms with E-state index in [0.29, 0.717) is 0 Å². The Morgan fingerprint density at radius 2 is 0.544 bits per heavy atom. The number of aromatic nitrogens is 4. The molecule has 0 unspecified atom stereocenters. The van der Waals surface area contributed by atoms with Crippen molar-refractivity contribution < 1.29 is 17.1 Å². The molecule has 0 spiro atoms. The molecule has 0 N–H and O–H groups in total. The van der Waals surface area contributed by atoms with Crippen molar-refractivity contribution in [3.05, 3.63) is 259 Å². The van der Waals surface area contributed by atoms with Gasteiger partial charge in [-0.15, -0.1) is 0 Å². The summed E-state index contributed by atoms with van der Waals surface area (Å²) in [7, 11) is 0. The average molecular weight is 788 g/mol. The van der Waals surface area contributed by atoms with Crippen molar-refractivity contribution in [3.8, 4) is 0 Å². The Morgan fingerprint density at radius 3 is 0.842 bits per heavy atom. The Morgan fingerprint density at radius 1 is 0.298 bits per heavy atom. The Balaban J connectivity index is 0.00000455. The van der Waals surface area contributed by atoms with Crippen LogP contribution >= 0.6 is 0 Å². The molecular weight excluding hydrogens is 744 g/mol. The minimum Gasteiger partial charge on any atom is -0.628 e. The first kappa shape index (κ1) is 37.9. The quantitative estimate of drug-likeness (QED) is 0.114. The summed E-state index contributed by atoms with van der Waals surface area (Å²) >= 11 is 0. The van der Waals surface area contributed by atoms with Crippen LogP contribution in [0.5, 0.6) is 0 Å². The summed E-state index contributed by atoms with van der Waals surface area (Å²) in [6.45, 7) is 9.04. The van der Waals surface area contributed by atoms with Crippen LogP contribution in [-0.4, -0.2) is 0 Å². The maximum absolute atomic E-state index is 5.78. The molecule has 0 atom stereocenters. The summed E-state index contributed by atoms with van der Waals surface area (Å²) < 4.78 is 0. The third-order valence-corrected chi connectivity index (χ3v) is 11.2. The van der Waals surface area contributed by atoms with Gasteiger partial charge in [0.15, 0.2) is 0 Å². The zero-order valence-corrected chi connectivity index (χ0v) is 33.7. The second-order valence-corrected chi connectivity index (χ2v) is 14.3. The van der Waals surface area contributed by atoms with Crippen LogP contribution in [0.4, 0.5) is 0 Å². The van der Waals surface area contributed by atoms with E-state index in [9.17, 15) is 0 Å². The van der Waals surface area contributed by atoms with E-state index in [0.717, 1.165) is 117 Å². The van der Waals surface area contributed by atoms with Gasteiger partial charge in [0.25, 0.3) is 0 Å². The topological polar surface area (TPSA) is 56.4 Å². The summed E-state index contributed by atoms with van der Waals surface area (Å²) in [5.74, 6) is 4.16. The molecule has 1 radical (unpaired) electrons. The molecule has 5 heteroatoms. The number of hydrogen-bond acceptors (Lipinski definition) is 0. The van der Waals surface area contributed by atoms with Gasteiger partial charge in [0.2, 0.25) is 0 Å². The van der Waals surface area contributed by atoms with E-state index < -0.39 is 0 Å². The number of fused-ring (bicyclic) bond motifs is 8. The molecule has 57 heavy (non-hydrogen) atoms. The molecule has 0 saturated carbocycles. The van der Waals surface area contributed by atoms with Crippen molar-refractivity contribution in [2.75, 3.05) is 0 Å². The molecule has 1 aliphatic heterocycles. The second kappa shape index (κ2) is 16.2. The molecule has 0 fully saturated rings. The van der Waals surface area contributed by atoms with Crippen LogP contribution in [0.2, 0.25) is 0 Å². The van der Waals surface area contributed by atoms with Gasteiger partial charge in [0.05, 0.1) is 22.3 Å². The molecule has 0 amide bonds. The van der Waals surface area contributed by atoms with E-state index >= 15 is 0 Å². The van der Waals surface area contributed by atoms with E-state index in [4.69, 9.17) is 19.9 Å². The molecule has 0 aliphatic carbocycles. The zero-order valence-electron chi connectivity index (χ0n) is 32.8. The molecule has 0 saturated heterocycles. The van der Waals surface area contributed by atoms with Gasteiger partial charge in [-0.3, -0.25) is 0 Å². The predicted octanol–water partition coefficient (Wildman–Crippen LogP) is 10.2. The maximum Gasteiger partial charge on any atom is 0.0768 e. The molecule has 8 bridgehead atoms. The van der Waals surface area contributed by atoms with E-state index in [1.54, 1.807) is 0 Å². The first-order valence-electron chi connectivity index (χ1n) is 20.0. The van der Waals surface area contributed by atoms with E-state index in [1.165, 1.54) is 22.3 Å². The molecule has 4 nitrogen and oxygen atoms in total. The van der Waals surface area contributed by atoms with Gasteiger partial charge in [-0.2, -0.15) is 0 Å². The van der Waals surface area contributed by atoms with Gasteiger partial charge in [0, 0.05) is 161 Å². The maximum atomic E-state index is 5.78. The van der Waals surface area contributed by atoms with Gasteiger partial charge >= 0.3 is 0 Å². The largest absolute Gasteiger partial charge is 0.628 e. The standard InChI is InChI=1S/C52H44N4.Cu/c1-5-37-39(7-3)51-48(36-27-19-12-20-28-36)52-40(8-4)38(6-2)50(56-52)47(35-25-17-11-18-26-35)44-32-30-42(54-44)45(33-21-13-9-14-22-33)41-29-31-43(53-41)46(49(37)55-51)34-23-15-10-16-24-34;/h9-32H,5-8H2,1-4H3;. The van der Waals surface area contributed by atoms with Crippen LogP contribution in [0.3, 0.4) is 0 Å². The van der Waals surface area contributed by atoms with Crippen LogP contribution in [-0.2, 0) is 42.8 Å². The molecule has 283 valence electrons. The number of nitrogens with zero attached hydrogens (tertiary/aromatic N) is 4. The fraction of sp³-hybridized carbons (Fsp3) is 0.154. The molecule has 9 rings (SSSR count). The van der Waals surface area contributed by atoms with E-state index in [1.807, 2.05) is 0 Å². The van der Waals surface area contributed by atoms with Gasteiger partial charge in [-0.25, -0.2) is 0 Å². The van der Waals surface area contributed by atoms with Crippen molar-refractivity contribution in [2.45, 2.75) is 53.4 Å². The van der Waals surface area contributed by atoms with E-state index in [-0.39, 0.29) is 17.1 Å². The normalized spacial score (nSPS) is 12.6. The predicted molar refractivity (Wildman–Crippen MR) is 225 cm³/mol. The third-order valence-electron chi connectivity index (χ3n) is 11.2. The van der Waals surface area contributed by atoms with Gasteiger partial charge in [-0.05, 0) is 118 Å². The van der Waals surface area contributed by atoms with Crippen molar-refractivity contribution in [3.63, 3.8) is 0 Å². The monoisotopic (exact) mass is 787 g/mol. The summed E-state index contributed by atoms with van der Waals surface area (Å²) in [5, 5.41) is 0. The Hall–Kier alpha value is -6.00. The summed E-state index contributed by atoms with van der Waals surface area (Å²) in [4.78, 5) is 22.6. The number of hydrogen-bond donors (Lipinski definition) is 0. The average Bonchev–Trinajstić information content (AvgIpc) is 4.06. The van der Waals surface area contributed by atoms with Crippen LogP contribution in [0.25, 0.3) is 0 Å². The Kier molecular flexibility index (Phi) is 10.8. The number of rotatable bonds is 8. The SMILES string of the molecule is CCc1c2[n-]c(c1CC)[C+](c1ccccc1)c1[n-]c(c(CC)c1CC)[C+](c1ccccc1)c1ccc([n-]1)[C+](c1ccccc1)c1ccc([n-]1)[C+]2c1ccccc1.[Cu]. The van der Waals surface area contributed by atoms with Crippen molar-refractivity contribution in [2.24, 2.45) is 0 Å². The Labute approximate surface area is 348 Å². The van der Waals surface area contributed by atoms with Gasteiger partial charge < -0.3 is 19.9 Å². The minimum absolute atomic E-state index is 0. The zero-order chi connectivity index (χ0) is 38.2. The third kappa shape index (κ3) is 6.61. The summed E-state index contributed by atoms with van der Waals surface area (Å²) in [6, 6.07) is 51.3. The van der Waals surface area contributed by atoms with Crippen LogP contribution in [0.15, 0.2) is 146 Å². The molecule has 8 aromatic rings. The van der Waals surface area contributed by atoms with E-state index in [2.05, 4.69) is 173 Å². The fourth-order valence-corrected chi connectivity index (χ4v) is 8.74. The molecule has 5 heterocycles. The molecular formula is C52H44CuN4. The fourth-order valence-electron chi connectivity index (χ4n) is 8.74. The smallest absolute Gasteiger partial charge is 0.0768 e. The van der Waals surface area contributed by atoms with Gasteiger partial charge in [-0.1, -0.05) is 27.7 Å². The summed E-state index contributed by atoms with van der Waals surface area (Å²) in [5.41, 5.74) is 17.0. The molecule has 4 aromatic heterocycles. The summed E-state index contributed by atoms with van der Waals surface area (Å²) in [6.07, 6.45) is 3.36. The van der Waals surface area contributed by atoms with Crippen molar-refractivity contribution in [1.29, 1.82) is 0 Å². The Bertz CT molecular complexity index is 2400. The molecule has 1 aliphatic rings. The van der Waals surface area contributed by atoms with Gasteiger partial charge in [0.1, 0.15) is 0 Å².